The smallest absolute Gasteiger partial charge is 0.241 e. The minimum atomic E-state index is -0.0758. The van der Waals surface area contributed by atoms with E-state index in [-0.39, 0.29) is 12.5 Å². The Morgan fingerprint density at radius 1 is 1.50 bits per heavy atom. The van der Waals surface area contributed by atoms with Gasteiger partial charge in [0, 0.05) is 13.0 Å². The Bertz CT molecular complexity index is 573. The van der Waals surface area contributed by atoms with Crippen molar-refractivity contribution in [3.8, 4) is 0 Å². The van der Waals surface area contributed by atoms with E-state index in [0.29, 0.717) is 12.2 Å². The number of carbonyl (C=O) groups excluding carboxylic acids is 1. The van der Waals surface area contributed by atoms with Gasteiger partial charge in [0.2, 0.25) is 5.91 Å². The summed E-state index contributed by atoms with van der Waals surface area (Å²) in [6.45, 7) is 4.46. The number of nitrogens with one attached hydrogen (secondary N) is 2. The highest BCUT2D eigenvalue weighted by Crippen LogP contribution is 2.14. The van der Waals surface area contributed by atoms with E-state index in [1.165, 1.54) is 6.33 Å². The van der Waals surface area contributed by atoms with Crippen LogP contribution in [0.1, 0.15) is 23.6 Å². The number of carbonyl (C=O) groups is 1. The molecule has 2 heterocycles. The molecular weight excluding hydrogens is 258 g/mol. The number of hydrogen-bond acceptors (Lipinski definition) is 5. The molecule has 0 atom stereocenters. The van der Waals surface area contributed by atoms with Gasteiger partial charge in [-0.1, -0.05) is 0 Å². The van der Waals surface area contributed by atoms with Gasteiger partial charge in [-0.3, -0.25) is 14.6 Å². The summed E-state index contributed by atoms with van der Waals surface area (Å²) in [6, 6.07) is 0. The first-order chi connectivity index (χ1) is 9.58. The van der Waals surface area contributed by atoms with Crippen molar-refractivity contribution in [1.29, 1.82) is 0 Å². The van der Waals surface area contributed by atoms with E-state index in [2.05, 4.69) is 25.6 Å². The van der Waals surface area contributed by atoms with Crippen LogP contribution in [0.25, 0.3) is 0 Å². The normalized spacial score (nSPS) is 10.7. The summed E-state index contributed by atoms with van der Waals surface area (Å²) in [4.78, 5) is 15.8. The number of aromatic nitrogens is 5. The van der Waals surface area contributed by atoms with Crippen molar-refractivity contribution in [2.75, 3.05) is 12.3 Å². The average molecular weight is 277 g/mol. The molecule has 0 saturated carbocycles. The molecule has 20 heavy (non-hydrogen) atoms. The van der Waals surface area contributed by atoms with Gasteiger partial charge in [0.25, 0.3) is 0 Å². The van der Waals surface area contributed by atoms with Crippen LogP contribution in [0.2, 0.25) is 0 Å². The summed E-state index contributed by atoms with van der Waals surface area (Å²) >= 11 is 0. The molecule has 0 aromatic carbocycles. The van der Waals surface area contributed by atoms with Crippen LogP contribution in [-0.2, 0) is 17.8 Å². The Kier molecular flexibility index (Phi) is 4.34. The number of H-pyrrole nitrogens is 1. The van der Waals surface area contributed by atoms with Crippen LogP contribution in [0.5, 0.6) is 0 Å². The number of nitrogen functional groups attached to an aromatic ring is 1. The second kappa shape index (κ2) is 6.18. The first-order valence-corrected chi connectivity index (χ1v) is 6.48. The fourth-order valence-corrected chi connectivity index (χ4v) is 1.89. The lowest BCUT2D eigenvalue weighted by molar-refractivity contribution is -0.121. The predicted molar refractivity (Wildman–Crippen MR) is 73.8 cm³/mol. The van der Waals surface area contributed by atoms with Crippen molar-refractivity contribution in [2.24, 2.45) is 0 Å². The minimum Gasteiger partial charge on any atom is -0.396 e. The Morgan fingerprint density at radius 3 is 2.90 bits per heavy atom. The molecule has 0 unspecified atom stereocenters. The molecule has 108 valence electrons. The third kappa shape index (κ3) is 3.34. The van der Waals surface area contributed by atoms with Crippen molar-refractivity contribution in [2.45, 2.75) is 33.2 Å². The molecule has 2 rings (SSSR count). The second-order valence-electron chi connectivity index (χ2n) is 4.63. The molecule has 8 heteroatoms. The lowest BCUT2D eigenvalue weighted by Crippen LogP contribution is -2.29. The summed E-state index contributed by atoms with van der Waals surface area (Å²) in [7, 11) is 0. The van der Waals surface area contributed by atoms with Crippen LogP contribution in [0.3, 0.4) is 0 Å². The Labute approximate surface area is 116 Å². The number of nitrogens with two attached hydrogens (primary N) is 1. The predicted octanol–water partition coefficient (Wildman–Crippen LogP) is -0.0508. The number of nitrogens with zero attached hydrogens (tertiary/aromatic N) is 4. The maximum absolute atomic E-state index is 11.8. The van der Waals surface area contributed by atoms with E-state index in [1.807, 2.05) is 13.8 Å². The number of rotatable bonds is 6. The van der Waals surface area contributed by atoms with Crippen molar-refractivity contribution < 1.29 is 4.79 Å². The Morgan fingerprint density at radius 2 is 2.30 bits per heavy atom. The number of amides is 1. The fraction of sp³-hybridized carbons (Fsp3) is 0.500. The van der Waals surface area contributed by atoms with Gasteiger partial charge in [-0.2, -0.15) is 10.2 Å². The monoisotopic (exact) mass is 277 g/mol. The van der Waals surface area contributed by atoms with Gasteiger partial charge in [-0.15, -0.1) is 0 Å². The van der Waals surface area contributed by atoms with Crippen molar-refractivity contribution in [1.82, 2.24) is 30.3 Å². The van der Waals surface area contributed by atoms with E-state index in [9.17, 15) is 4.79 Å². The van der Waals surface area contributed by atoms with Crippen molar-refractivity contribution in [3.63, 3.8) is 0 Å². The summed E-state index contributed by atoms with van der Waals surface area (Å²) in [5, 5.41) is 13.6. The van der Waals surface area contributed by atoms with Crippen LogP contribution in [0.15, 0.2) is 6.33 Å². The summed E-state index contributed by atoms with van der Waals surface area (Å²) < 4.78 is 1.62. The maximum atomic E-state index is 11.8. The molecule has 0 spiro atoms. The third-order valence-corrected chi connectivity index (χ3v) is 3.11. The molecule has 0 aliphatic rings. The van der Waals surface area contributed by atoms with Gasteiger partial charge in [0.1, 0.15) is 18.7 Å². The lowest BCUT2D eigenvalue weighted by atomic mass is 10.3. The van der Waals surface area contributed by atoms with Crippen LogP contribution in [0.4, 0.5) is 5.69 Å². The summed E-state index contributed by atoms with van der Waals surface area (Å²) in [6.07, 6.45) is 3.04. The van der Waals surface area contributed by atoms with E-state index < -0.39 is 0 Å². The fourth-order valence-electron chi connectivity index (χ4n) is 1.89. The molecule has 2 aromatic rings. The van der Waals surface area contributed by atoms with Crippen LogP contribution in [-0.4, -0.2) is 37.4 Å². The molecule has 4 N–H and O–H groups in total. The molecular formula is C12H19N7O. The maximum Gasteiger partial charge on any atom is 0.241 e. The topological polar surface area (TPSA) is 115 Å². The van der Waals surface area contributed by atoms with Gasteiger partial charge in [0.05, 0.1) is 17.1 Å². The quantitative estimate of drug-likeness (QED) is 0.640. The first kappa shape index (κ1) is 14.0. The van der Waals surface area contributed by atoms with E-state index in [0.717, 1.165) is 30.1 Å². The van der Waals surface area contributed by atoms with Crippen molar-refractivity contribution in [3.05, 3.63) is 23.5 Å². The highest BCUT2D eigenvalue weighted by Gasteiger charge is 2.10. The molecule has 8 nitrogen and oxygen atoms in total. The van der Waals surface area contributed by atoms with Gasteiger partial charge in [-0.05, 0) is 20.3 Å². The number of anilines is 1. The summed E-state index contributed by atoms with van der Waals surface area (Å²) in [5.41, 5.74) is 8.03. The number of hydrogen-bond donors (Lipinski definition) is 3. The lowest BCUT2D eigenvalue weighted by Gasteiger charge is -2.06. The van der Waals surface area contributed by atoms with Crippen molar-refractivity contribution >= 4 is 11.6 Å². The number of aromatic amines is 1. The Hall–Kier alpha value is -2.38. The molecule has 0 aliphatic heterocycles. The molecule has 2 aromatic heterocycles. The Balaban J connectivity index is 1.74. The minimum absolute atomic E-state index is 0.0758. The average Bonchev–Trinajstić information content (AvgIpc) is 3.01. The van der Waals surface area contributed by atoms with Crippen LogP contribution >= 0.6 is 0 Å². The number of aryl methyl sites for hydroxylation is 2. The first-order valence-electron chi connectivity index (χ1n) is 6.48. The SMILES string of the molecule is Cc1nn(CC(=O)NCCCc2ncn[nH]2)c(C)c1N. The largest absolute Gasteiger partial charge is 0.396 e. The second-order valence-corrected chi connectivity index (χ2v) is 4.63. The van der Waals surface area contributed by atoms with E-state index in [4.69, 9.17) is 5.73 Å². The van der Waals surface area contributed by atoms with Gasteiger partial charge >= 0.3 is 0 Å². The molecule has 0 radical (unpaired) electrons. The highest BCUT2D eigenvalue weighted by atomic mass is 16.2. The molecule has 0 fully saturated rings. The summed E-state index contributed by atoms with van der Waals surface area (Å²) in [5.74, 6) is 0.749. The molecule has 0 aliphatic carbocycles. The zero-order valence-electron chi connectivity index (χ0n) is 11.7. The van der Waals surface area contributed by atoms with E-state index in [1.54, 1.807) is 4.68 Å². The molecule has 0 saturated heterocycles. The van der Waals surface area contributed by atoms with Crippen LogP contribution < -0.4 is 11.1 Å². The standard InChI is InChI=1S/C12H19N7O/c1-8-12(13)9(2)19(18-8)6-11(20)14-5-3-4-10-15-7-16-17-10/h7H,3-6,13H2,1-2H3,(H,14,20)(H,15,16,17). The van der Waals surface area contributed by atoms with Crippen LogP contribution in [0, 0.1) is 13.8 Å². The van der Waals surface area contributed by atoms with Gasteiger partial charge in [-0.25, -0.2) is 4.98 Å². The molecule has 0 bridgehead atoms. The van der Waals surface area contributed by atoms with E-state index >= 15 is 0 Å². The third-order valence-electron chi connectivity index (χ3n) is 3.11. The van der Waals surface area contributed by atoms with Gasteiger partial charge < -0.3 is 11.1 Å². The highest BCUT2D eigenvalue weighted by molar-refractivity contribution is 5.75. The zero-order chi connectivity index (χ0) is 14.5. The molecule has 1 amide bonds. The zero-order valence-corrected chi connectivity index (χ0v) is 11.7. The van der Waals surface area contributed by atoms with Gasteiger partial charge in [0.15, 0.2) is 0 Å².